The van der Waals surface area contributed by atoms with Crippen LogP contribution >= 0.6 is 0 Å². The third-order valence-electron chi connectivity index (χ3n) is 3.02. The van der Waals surface area contributed by atoms with Crippen molar-refractivity contribution < 1.29 is 9.84 Å². The van der Waals surface area contributed by atoms with Gasteiger partial charge in [-0.1, -0.05) is 12.1 Å². The zero-order chi connectivity index (χ0) is 13.2. The number of aliphatic hydroxyl groups is 1. The van der Waals surface area contributed by atoms with Crippen LogP contribution < -0.4 is 10.1 Å². The first-order valence-electron chi connectivity index (χ1n) is 5.86. The van der Waals surface area contributed by atoms with Crippen LogP contribution in [0.3, 0.4) is 0 Å². The Bertz CT molecular complexity index is 371. The summed E-state index contributed by atoms with van der Waals surface area (Å²) in [6.45, 7) is 7.66. The van der Waals surface area contributed by atoms with Crippen LogP contribution in [0, 0.1) is 13.8 Å². The van der Waals surface area contributed by atoms with Crippen molar-refractivity contribution in [2.24, 2.45) is 0 Å². The van der Waals surface area contributed by atoms with Gasteiger partial charge in [0.1, 0.15) is 5.75 Å². The van der Waals surface area contributed by atoms with E-state index in [0.29, 0.717) is 0 Å². The van der Waals surface area contributed by atoms with Crippen LogP contribution in [0.2, 0.25) is 0 Å². The lowest BCUT2D eigenvalue weighted by Gasteiger charge is -2.30. The lowest BCUT2D eigenvalue weighted by atomic mass is 9.90. The van der Waals surface area contributed by atoms with Gasteiger partial charge in [0.25, 0.3) is 0 Å². The molecule has 0 amide bonds. The van der Waals surface area contributed by atoms with Gasteiger partial charge in [-0.25, -0.2) is 0 Å². The SMILES string of the molecule is CNC(c1cc(C)c(OC)c(C)c1)C(C)(C)O. The molecule has 3 nitrogen and oxygen atoms in total. The maximum Gasteiger partial charge on any atom is 0.124 e. The standard InChI is InChI=1S/C14H23NO2/c1-9-7-11(8-10(2)12(9)17-6)13(15-5)14(3,4)16/h7-8,13,15-16H,1-6H3. The first-order valence-corrected chi connectivity index (χ1v) is 5.86. The topological polar surface area (TPSA) is 41.5 Å². The molecule has 0 aliphatic rings. The molecule has 0 aliphatic heterocycles. The summed E-state index contributed by atoms with van der Waals surface area (Å²) < 4.78 is 5.35. The highest BCUT2D eigenvalue weighted by atomic mass is 16.5. The summed E-state index contributed by atoms with van der Waals surface area (Å²) in [7, 11) is 3.54. The molecule has 2 N–H and O–H groups in total. The fourth-order valence-electron chi connectivity index (χ4n) is 2.40. The molecule has 1 atom stereocenters. The summed E-state index contributed by atoms with van der Waals surface area (Å²) in [5.74, 6) is 0.916. The van der Waals surface area contributed by atoms with Gasteiger partial charge in [-0.2, -0.15) is 0 Å². The molecule has 0 saturated heterocycles. The van der Waals surface area contributed by atoms with Crippen LogP contribution in [0.1, 0.15) is 36.6 Å². The Morgan fingerprint density at radius 2 is 1.71 bits per heavy atom. The number of methoxy groups -OCH3 is 1. The highest BCUT2D eigenvalue weighted by Gasteiger charge is 2.27. The summed E-state index contributed by atoms with van der Waals surface area (Å²) >= 11 is 0. The monoisotopic (exact) mass is 237 g/mol. The van der Waals surface area contributed by atoms with E-state index in [1.165, 1.54) is 0 Å². The van der Waals surface area contributed by atoms with Crippen molar-refractivity contribution >= 4 is 0 Å². The van der Waals surface area contributed by atoms with E-state index in [4.69, 9.17) is 4.74 Å². The van der Waals surface area contributed by atoms with E-state index in [1.54, 1.807) is 7.11 Å². The van der Waals surface area contributed by atoms with E-state index in [2.05, 4.69) is 17.4 Å². The fourth-order valence-corrected chi connectivity index (χ4v) is 2.40. The molecule has 96 valence electrons. The van der Waals surface area contributed by atoms with E-state index in [1.807, 2.05) is 34.7 Å². The number of hydrogen-bond acceptors (Lipinski definition) is 3. The molecule has 1 rings (SSSR count). The number of ether oxygens (including phenoxy) is 1. The van der Waals surface area contributed by atoms with Crippen molar-refractivity contribution in [2.45, 2.75) is 39.3 Å². The second-order valence-electron chi connectivity index (χ2n) is 5.06. The average Bonchev–Trinajstić information content (AvgIpc) is 2.15. The molecule has 0 radical (unpaired) electrons. The van der Waals surface area contributed by atoms with Gasteiger partial charge in [-0.15, -0.1) is 0 Å². The van der Waals surface area contributed by atoms with Crippen molar-refractivity contribution in [1.82, 2.24) is 5.32 Å². The molecule has 0 aliphatic carbocycles. The highest BCUT2D eigenvalue weighted by Crippen LogP contribution is 2.31. The van der Waals surface area contributed by atoms with Crippen LogP contribution in [0.25, 0.3) is 0 Å². The van der Waals surface area contributed by atoms with Crippen LogP contribution in [0.15, 0.2) is 12.1 Å². The number of benzene rings is 1. The van der Waals surface area contributed by atoms with Crippen LogP contribution in [-0.4, -0.2) is 24.9 Å². The third kappa shape index (κ3) is 2.99. The van der Waals surface area contributed by atoms with E-state index >= 15 is 0 Å². The van der Waals surface area contributed by atoms with Crippen LogP contribution in [-0.2, 0) is 0 Å². The summed E-state index contributed by atoms with van der Waals surface area (Å²) in [5, 5.41) is 13.3. The summed E-state index contributed by atoms with van der Waals surface area (Å²) in [5.41, 5.74) is 2.46. The maximum atomic E-state index is 10.1. The lowest BCUT2D eigenvalue weighted by molar-refractivity contribution is 0.0400. The minimum absolute atomic E-state index is 0.0918. The Morgan fingerprint density at radius 3 is 2.00 bits per heavy atom. The lowest BCUT2D eigenvalue weighted by Crippen LogP contribution is -2.37. The quantitative estimate of drug-likeness (QED) is 0.844. The normalized spacial score (nSPS) is 13.6. The summed E-state index contributed by atoms with van der Waals surface area (Å²) in [6.07, 6.45) is 0. The smallest absolute Gasteiger partial charge is 0.124 e. The van der Waals surface area contributed by atoms with E-state index < -0.39 is 5.60 Å². The number of rotatable bonds is 4. The Balaban J connectivity index is 3.24. The molecule has 0 heterocycles. The van der Waals surface area contributed by atoms with E-state index in [-0.39, 0.29) is 6.04 Å². The maximum absolute atomic E-state index is 10.1. The predicted octanol–water partition coefficient (Wildman–Crippen LogP) is 2.34. The zero-order valence-electron chi connectivity index (χ0n) is 11.6. The van der Waals surface area contributed by atoms with Gasteiger partial charge in [0.15, 0.2) is 0 Å². The van der Waals surface area contributed by atoms with Gasteiger partial charge in [0, 0.05) is 0 Å². The Hall–Kier alpha value is -1.06. The average molecular weight is 237 g/mol. The predicted molar refractivity (Wildman–Crippen MR) is 70.6 cm³/mol. The molecular formula is C14H23NO2. The molecule has 0 bridgehead atoms. The zero-order valence-corrected chi connectivity index (χ0v) is 11.6. The van der Waals surface area contributed by atoms with Gasteiger partial charge in [0.05, 0.1) is 18.8 Å². The molecule has 17 heavy (non-hydrogen) atoms. The number of aryl methyl sites for hydroxylation is 2. The largest absolute Gasteiger partial charge is 0.496 e. The molecule has 1 aromatic carbocycles. The van der Waals surface area contributed by atoms with Crippen LogP contribution in [0.5, 0.6) is 5.75 Å². The van der Waals surface area contributed by atoms with Crippen molar-refractivity contribution in [3.05, 3.63) is 28.8 Å². The van der Waals surface area contributed by atoms with E-state index in [9.17, 15) is 5.11 Å². The molecule has 1 unspecified atom stereocenters. The van der Waals surface area contributed by atoms with Gasteiger partial charge in [-0.3, -0.25) is 0 Å². The molecule has 0 fully saturated rings. The van der Waals surface area contributed by atoms with Crippen molar-refractivity contribution in [3.63, 3.8) is 0 Å². The van der Waals surface area contributed by atoms with Crippen molar-refractivity contribution in [2.75, 3.05) is 14.2 Å². The van der Waals surface area contributed by atoms with Gasteiger partial charge < -0.3 is 15.2 Å². The van der Waals surface area contributed by atoms with E-state index in [0.717, 1.165) is 22.4 Å². The summed E-state index contributed by atoms with van der Waals surface area (Å²) in [4.78, 5) is 0. The second kappa shape index (κ2) is 5.07. The molecular weight excluding hydrogens is 214 g/mol. The number of hydrogen-bond donors (Lipinski definition) is 2. The number of likely N-dealkylation sites (N-methyl/N-ethyl adjacent to an activating group) is 1. The van der Waals surface area contributed by atoms with Gasteiger partial charge >= 0.3 is 0 Å². The Morgan fingerprint density at radius 1 is 1.24 bits per heavy atom. The van der Waals surface area contributed by atoms with Gasteiger partial charge in [-0.05, 0) is 51.4 Å². The molecule has 0 saturated carbocycles. The fraction of sp³-hybridized carbons (Fsp3) is 0.571. The van der Waals surface area contributed by atoms with Gasteiger partial charge in [0.2, 0.25) is 0 Å². The minimum atomic E-state index is -0.803. The molecule has 0 spiro atoms. The van der Waals surface area contributed by atoms with Crippen molar-refractivity contribution in [3.8, 4) is 5.75 Å². The Kier molecular flexibility index (Phi) is 4.17. The molecule has 1 aromatic rings. The third-order valence-corrected chi connectivity index (χ3v) is 3.02. The first-order chi connectivity index (χ1) is 7.81. The molecule has 0 aromatic heterocycles. The minimum Gasteiger partial charge on any atom is -0.496 e. The highest BCUT2D eigenvalue weighted by molar-refractivity contribution is 5.44. The van der Waals surface area contributed by atoms with Crippen molar-refractivity contribution in [1.29, 1.82) is 0 Å². The second-order valence-corrected chi connectivity index (χ2v) is 5.06. The van der Waals surface area contributed by atoms with Crippen LogP contribution in [0.4, 0.5) is 0 Å². The molecule has 3 heteroatoms. The Labute approximate surface area is 104 Å². The first kappa shape index (κ1) is 14.0. The number of nitrogens with one attached hydrogen (secondary N) is 1. The summed E-state index contributed by atoms with van der Waals surface area (Å²) in [6, 6.07) is 4.03.